The van der Waals surface area contributed by atoms with E-state index in [0.29, 0.717) is 0 Å². The average Bonchev–Trinajstić information content (AvgIpc) is 2.54. The summed E-state index contributed by atoms with van der Waals surface area (Å²) in [5.41, 5.74) is 1.22. The Hall–Kier alpha value is -0.410. The van der Waals surface area contributed by atoms with Crippen LogP contribution in [-0.2, 0) is 6.42 Å². The second kappa shape index (κ2) is 5.28. The first-order valence-electron chi connectivity index (χ1n) is 6.34. The first-order valence-corrected chi connectivity index (χ1v) is 7.16. The van der Waals surface area contributed by atoms with Crippen LogP contribution in [0.5, 0.6) is 0 Å². The molecule has 2 unspecified atom stereocenters. The molecule has 0 spiro atoms. The van der Waals surface area contributed by atoms with E-state index in [-0.39, 0.29) is 0 Å². The molecule has 1 N–H and O–H groups in total. The molecule has 0 bridgehead atoms. The van der Waals surface area contributed by atoms with Gasteiger partial charge in [0.1, 0.15) is 0 Å². The van der Waals surface area contributed by atoms with Crippen LogP contribution in [0.4, 0.5) is 0 Å². The largest absolute Gasteiger partial charge is 0.317 e. The third-order valence-corrected chi connectivity index (χ3v) is 4.84. The summed E-state index contributed by atoms with van der Waals surface area (Å²) >= 11 is 1.89. The van der Waals surface area contributed by atoms with Crippen molar-refractivity contribution in [3.8, 4) is 0 Å². The Balaban J connectivity index is 1.85. The summed E-state index contributed by atoms with van der Waals surface area (Å²) < 4.78 is 0. The molecule has 0 aromatic carbocycles. The molecular formula is C13H22N2S. The van der Waals surface area contributed by atoms with Gasteiger partial charge in [-0.3, -0.25) is 0 Å². The van der Waals surface area contributed by atoms with E-state index in [9.17, 15) is 0 Å². The van der Waals surface area contributed by atoms with Gasteiger partial charge in [-0.2, -0.15) is 0 Å². The van der Waals surface area contributed by atoms with Crippen LogP contribution < -0.4 is 5.32 Å². The van der Waals surface area contributed by atoms with E-state index in [2.05, 4.69) is 31.1 Å². The van der Waals surface area contributed by atoms with Crippen LogP contribution in [0.2, 0.25) is 0 Å². The fourth-order valence-electron chi connectivity index (χ4n) is 2.36. The first-order chi connectivity index (χ1) is 7.70. The second-order valence-electron chi connectivity index (χ2n) is 4.86. The highest BCUT2D eigenvalue weighted by molar-refractivity contribution is 7.11. The number of aryl methyl sites for hydroxylation is 2. The SMILES string of the molecule is CCNCC1CCC1Cc1nc(C)c(C)s1. The number of aromatic nitrogens is 1. The van der Waals surface area contributed by atoms with Gasteiger partial charge in [0, 0.05) is 11.3 Å². The molecule has 1 aliphatic rings. The smallest absolute Gasteiger partial charge is 0.0933 e. The topological polar surface area (TPSA) is 24.9 Å². The van der Waals surface area contributed by atoms with Crippen molar-refractivity contribution in [2.75, 3.05) is 13.1 Å². The van der Waals surface area contributed by atoms with Gasteiger partial charge in [-0.15, -0.1) is 11.3 Å². The summed E-state index contributed by atoms with van der Waals surface area (Å²) in [5, 5.41) is 4.81. The van der Waals surface area contributed by atoms with Crippen LogP contribution in [0.25, 0.3) is 0 Å². The number of rotatable bonds is 5. The van der Waals surface area contributed by atoms with Crippen molar-refractivity contribution in [2.24, 2.45) is 11.8 Å². The van der Waals surface area contributed by atoms with Gasteiger partial charge in [0.2, 0.25) is 0 Å². The van der Waals surface area contributed by atoms with E-state index in [1.54, 1.807) is 0 Å². The quantitative estimate of drug-likeness (QED) is 0.853. The molecule has 0 radical (unpaired) electrons. The van der Waals surface area contributed by atoms with E-state index in [4.69, 9.17) is 0 Å². The van der Waals surface area contributed by atoms with Gasteiger partial charge in [-0.1, -0.05) is 6.92 Å². The lowest BCUT2D eigenvalue weighted by Crippen LogP contribution is -2.36. The standard InChI is InChI=1S/C13H22N2S/c1-4-14-8-12-6-5-11(12)7-13-15-9(2)10(3)16-13/h11-12,14H,4-8H2,1-3H3. The molecule has 1 aliphatic carbocycles. The van der Waals surface area contributed by atoms with Crippen LogP contribution >= 0.6 is 11.3 Å². The zero-order valence-corrected chi connectivity index (χ0v) is 11.4. The summed E-state index contributed by atoms with van der Waals surface area (Å²) in [4.78, 5) is 6.03. The minimum absolute atomic E-state index is 0.879. The van der Waals surface area contributed by atoms with Crippen LogP contribution in [0.1, 0.15) is 35.3 Å². The molecule has 1 fully saturated rings. The van der Waals surface area contributed by atoms with Gasteiger partial charge in [0.25, 0.3) is 0 Å². The average molecular weight is 238 g/mol. The summed E-state index contributed by atoms with van der Waals surface area (Å²) in [6.45, 7) is 8.77. The molecule has 2 atom stereocenters. The molecular weight excluding hydrogens is 216 g/mol. The van der Waals surface area contributed by atoms with E-state index in [0.717, 1.165) is 18.4 Å². The molecule has 0 amide bonds. The lowest BCUT2D eigenvalue weighted by Gasteiger charge is -2.36. The maximum absolute atomic E-state index is 4.64. The van der Waals surface area contributed by atoms with E-state index >= 15 is 0 Å². The molecule has 16 heavy (non-hydrogen) atoms. The van der Waals surface area contributed by atoms with Crippen molar-refractivity contribution in [1.29, 1.82) is 0 Å². The van der Waals surface area contributed by atoms with E-state index < -0.39 is 0 Å². The molecule has 3 heteroatoms. The Morgan fingerprint density at radius 1 is 1.31 bits per heavy atom. The number of nitrogens with zero attached hydrogens (tertiary/aromatic N) is 1. The van der Waals surface area contributed by atoms with Gasteiger partial charge in [-0.05, 0) is 51.6 Å². The number of nitrogens with one attached hydrogen (secondary N) is 1. The molecule has 0 aliphatic heterocycles. The number of hydrogen-bond donors (Lipinski definition) is 1. The third kappa shape index (κ3) is 2.64. The zero-order valence-electron chi connectivity index (χ0n) is 10.5. The third-order valence-electron chi connectivity index (χ3n) is 3.74. The second-order valence-corrected chi connectivity index (χ2v) is 6.15. The fraction of sp³-hybridized carbons (Fsp3) is 0.769. The van der Waals surface area contributed by atoms with Crippen LogP contribution in [-0.4, -0.2) is 18.1 Å². The van der Waals surface area contributed by atoms with Crippen molar-refractivity contribution in [1.82, 2.24) is 10.3 Å². The first kappa shape index (κ1) is 12.1. The predicted molar refractivity (Wildman–Crippen MR) is 70.0 cm³/mol. The van der Waals surface area contributed by atoms with Crippen LogP contribution in [0, 0.1) is 25.7 Å². The minimum atomic E-state index is 0.879. The van der Waals surface area contributed by atoms with Crippen molar-refractivity contribution in [2.45, 2.75) is 40.0 Å². The Kier molecular flexibility index (Phi) is 3.98. The highest BCUT2D eigenvalue weighted by Gasteiger charge is 2.30. The molecule has 1 aromatic heterocycles. The van der Waals surface area contributed by atoms with Crippen molar-refractivity contribution in [3.63, 3.8) is 0 Å². The maximum atomic E-state index is 4.64. The molecule has 1 saturated carbocycles. The summed E-state index contributed by atoms with van der Waals surface area (Å²) in [7, 11) is 0. The van der Waals surface area contributed by atoms with E-state index in [1.807, 2.05) is 11.3 Å². The monoisotopic (exact) mass is 238 g/mol. The Labute approximate surface area is 102 Å². The maximum Gasteiger partial charge on any atom is 0.0933 e. The highest BCUT2D eigenvalue weighted by atomic mass is 32.1. The van der Waals surface area contributed by atoms with Crippen LogP contribution in [0.3, 0.4) is 0 Å². The minimum Gasteiger partial charge on any atom is -0.317 e. The molecule has 0 saturated heterocycles. The Morgan fingerprint density at radius 2 is 2.06 bits per heavy atom. The van der Waals surface area contributed by atoms with Crippen molar-refractivity contribution < 1.29 is 0 Å². The molecule has 1 heterocycles. The summed E-state index contributed by atoms with van der Waals surface area (Å²) in [6.07, 6.45) is 4.00. The van der Waals surface area contributed by atoms with Crippen molar-refractivity contribution in [3.05, 3.63) is 15.6 Å². The zero-order chi connectivity index (χ0) is 11.5. The van der Waals surface area contributed by atoms with E-state index in [1.165, 1.54) is 41.4 Å². The Bertz CT molecular complexity index is 326. The highest BCUT2D eigenvalue weighted by Crippen LogP contribution is 2.37. The fourth-order valence-corrected chi connectivity index (χ4v) is 3.38. The summed E-state index contributed by atoms with van der Waals surface area (Å²) in [5.74, 6) is 1.77. The van der Waals surface area contributed by atoms with Gasteiger partial charge in [0.05, 0.1) is 10.7 Å². The molecule has 90 valence electrons. The summed E-state index contributed by atoms with van der Waals surface area (Å²) in [6, 6.07) is 0. The predicted octanol–water partition coefficient (Wildman–Crippen LogP) is 2.94. The van der Waals surface area contributed by atoms with Crippen LogP contribution in [0.15, 0.2) is 0 Å². The molecule has 2 rings (SSSR count). The molecule has 1 aromatic rings. The van der Waals surface area contributed by atoms with Crippen molar-refractivity contribution >= 4 is 11.3 Å². The number of hydrogen-bond acceptors (Lipinski definition) is 3. The van der Waals surface area contributed by atoms with Gasteiger partial charge >= 0.3 is 0 Å². The lowest BCUT2D eigenvalue weighted by molar-refractivity contribution is 0.171. The lowest BCUT2D eigenvalue weighted by atomic mass is 9.72. The normalized spacial score (nSPS) is 24.4. The van der Waals surface area contributed by atoms with Gasteiger partial charge < -0.3 is 5.32 Å². The van der Waals surface area contributed by atoms with Gasteiger partial charge in [-0.25, -0.2) is 4.98 Å². The van der Waals surface area contributed by atoms with Gasteiger partial charge in [0.15, 0.2) is 0 Å². The Morgan fingerprint density at radius 3 is 2.56 bits per heavy atom. The molecule has 2 nitrogen and oxygen atoms in total. The number of thiazole rings is 1.